The van der Waals surface area contributed by atoms with Crippen LogP contribution in [-0.2, 0) is 15.0 Å². The van der Waals surface area contributed by atoms with E-state index in [1.54, 1.807) is 18.2 Å². The molecule has 1 N–H and O–H groups in total. The van der Waals surface area contributed by atoms with E-state index in [0.29, 0.717) is 37.5 Å². The summed E-state index contributed by atoms with van der Waals surface area (Å²) in [5.74, 6) is 0.153. The lowest BCUT2D eigenvalue weighted by Crippen LogP contribution is -2.47. The van der Waals surface area contributed by atoms with Crippen LogP contribution in [0.1, 0.15) is 52.9 Å². The average molecular weight is 414 g/mol. The second-order valence-electron chi connectivity index (χ2n) is 6.70. The Hall–Kier alpha value is -1.64. The lowest BCUT2D eigenvalue weighted by Gasteiger charge is -2.29. The fraction of sp³-hybridized carbons (Fsp3) is 0.650. The van der Waals surface area contributed by atoms with Crippen LogP contribution in [0.2, 0.25) is 0 Å². The maximum atomic E-state index is 13.2. The number of methoxy groups -OCH3 is 1. The van der Waals surface area contributed by atoms with Crippen LogP contribution in [0.4, 0.5) is 5.69 Å². The highest BCUT2D eigenvalue weighted by atomic mass is 32.2. The van der Waals surface area contributed by atoms with E-state index >= 15 is 0 Å². The van der Waals surface area contributed by atoms with Gasteiger partial charge < -0.3 is 10.1 Å². The Morgan fingerprint density at radius 3 is 2.11 bits per heavy atom. The van der Waals surface area contributed by atoms with E-state index in [4.69, 9.17) is 4.74 Å². The number of carbonyl (C=O) groups excluding carboxylic acids is 1. The number of ether oxygens (including phenoxy) is 1. The van der Waals surface area contributed by atoms with Crippen LogP contribution in [0.5, 0.6) is 5.75 Å². The van der Waals surface area contributed by atoms with E-state index in [1.807, 2.05) is 26.8 Å². The molecule has 0 bridgehead atoms. The summed E-state index contributed by atoms with van der Waals surface area (Å²) in [6.45, 7) is 7.02. The van der Waals surface area contributed by atoms with E-state index in [9.17, 15) is 13.2 Å². The maximum Gasteiger partial charge on any atom is 0.282 e. The Labute approximate surface area is 170 Å². The van der Waals surface area contributed by atoms with Gasteiger partial charge >= 0.3 is 0 Å². The number of nitrogens with zero attached hydrogens (tertiary/aromatic N) is 2. The Bertz CT molecular complexity index is 686. The number of benzene rings is 1. The highest BCUT2D eigenvalue weighted by Crippen LogP contribution is 2.23. The van der Waals surface area contributed by atoms with Crippen molar-refractivity contribution in [1.82, 2.24) is 8.61 Å². The zero-order chi connectivity index (χ0) is 21.0. The van der Waals surface area contributed by atoms with Crippen molar-refractivity contribution in [3.05, 3.63) is 24.3 Å². The summed E-state index contributed by atoms with van der Waals surface area (Å²) < 4.78 is 34.4. The quantitative estimate of drug-likeness (QED) is 0.506. The van der Waals surface area contributed by atoms with Gasteiger partial charge in [0.25, 0.3) is 10.2 Å². The third kappa shape index (κ3) is 7.41. The third-order valence-corrected chi connectivity index (χ3v) is 6.33. The van der Waals surface area contributed by atoms with Gasteiger partial charge in [-0.25, -0.2) is 0 Å². The molecule has 0 fully saturated rings. The summed E-state index contributed by atoms with van der Waals surface area (Å²) in [5.41, 5.74) is 0.526. The molecular formula is C20H35N3O4S. The maximum absolute atomic E-state index is 13.2. The van der Waals surface area contributed by atoms with Crippen molar-refractivity contribution in [3.8, 4) is 5.75 Å². The molecule has 7 nitrogen and oxygen atoms in total. The van der Waals surface area contributed by atoms with Gasteiger partial charge in [0, 0.05) is 19.6 Å². The van der Waals surface area contributed by atoms with Gasteiger partial charge in [-0.1, -0.05) is 45.7 Å². The van der Waals surface area contributed by atoms with Crippen molar-refractivity contribution >= 4 is 21.8 Å². The lowest BCUT2D eigenvalue weighted by molar-refractivity contribution is -0.116. The molecule has 28 heavy (non-hydrogen) atoms. The van der Waals surface area contributed by atoms with Crippen molar-refractivity contribution in [2.75, 3.05) is 38.6 Å². The second-order valence-corrected chi connectivity index (χ2v) is 8.62. The molecule has 0 aliphatic carbocycles. The van der Waals surface area contributed by atoms with Crippen LogP contribution in [0, 0.1) is 0 Å². The van der Waals surface area contributed by atoms with Crippen molar-refractivity contribution in [2.45, 2.75) is 52.9 Å². The monoisotopic (exact) mass is 413 g/mol. The average Bonchev–Trinajstić information content (AvgIpc) is 2.68. The Morgan fingerprint density at radius 2 is 1.57 bits per heavy atom. The minimum atomic E-state index is -3.70. The molecule has 0 radical (unpaired) electrons. The molecule has 0 unspecified atom stereocenters. The Kier molecular flexibility index (Phi) is 11.1. The minimum Gasteiger partial charge on any atom is -0.495 e. The molecule has 0 atom stereocenters. The molecule has 0 saturated heterocycles. The zero-order valence-electron chi connectivity index (χ0n) is 17.6. The Morgan fingerprint density at radius 1 is 0.964 bits per heavy atom. The van der Waals surface area contributed by atoms with Crippen LogP contribution < -0.4 is 10.1 Å². The molecule has 0 saturated carbocycles. The number of unbranched alkanes of at least 4 members (excludes halogenated alkanes) is 2. The van der Waals surface area contributed by atoms with Crippen molar-refractivity contribution in [2.24, 2.45) is 0 Å². The number of hydrogen-bond donors (Lipinski definition) is 1. The van der Waals surface area contributed by atoms with Crippen LogP contribution in [0.25, 0.3) is 0 Å². The number of nitrogens with one attached hydrogen (secondary N) is 1. The predicted molar refractivity (Wildman–Crippen MR) is 114 cm³/mol. The molecule has 0 heterocycles. The molecule has 160 valence electrons. The molecule has 1 aromatic carbocycles. The summed E-state index contributed by atoms with van der Waals surface area (Å²) in [7, 11) is -2.17. The van der Waals surface area contributed by atoms with Crippen molar-refractivity contribution in [3.63, 3.8) is 0 Å². The van der Waals surface area contributed by atoms with Crippen molar-refractivity contribution < 1.29 is 17.9 Å². The third-order valence-electron chi connectivity index (χ3n) is 4.35. The molecule has 0 aliphatic rings. The fourth-order valence-electron chi connectivity index (χ4n) is 2.80. The summed E-state index contributed by atoms with van der Waals surface area (Å²) >= 11 is 0. The summed E-state index contributed by atoms with van der Waals surface area (Å²) in [6.07, 6.45) is 4.07. The summed E-state index contributed by atoms with van der Waals surface area (Å²) in [5, 5.41) is 2.76. The van der Waals surface area contributed by atoms with Gasteiger partial charge in [-0.05, 0) is 31.4 Å². The molecule has 0 aromatic heterocycles. The normalized spacial score (nSPS) is 11.8. The smallest absolute Gasteiger partial charge is 0.282 e. The molecule has 1 aromatic rings. The van der Waals surface area contributed by atoms with E-state index in [1.165, 1.54) is 15.7 Å². The first-order valence-corrected chi connectivity index (χ1v) is 11.5. The van der Waals surface area contributed by atoms with Crippen LogP contribution in [0.15, 0.2) is 24.3 Å². The highest BCUT2D eigenvalue weighted by molar-refractivity contribution is 7.86. The van der Waals surface area contributed by atoms with E-state index in [2.05, 4.69) is 5.32 Å². The topological polar surface area (TPSA) is 79.0 Å². The Balaban J connectivity index is 2.94. The van der Waals surface area contributed by atoms with Crippen LogP contribution >= 0.6 is 0 Å². The highest BCUT2D eigenvalue weighted by Gasteiger charge is 2.30. The zero-order valence-corrected chi connectivity index (χ0v) is 18.4. The molecule has 0 spiro atoms. The SMILES string of the molecule is CCCCN(CCCC)S(=O)(=O)N(CCC)CC(=O)Nc1ccccc1OC. The lowest BCUT2D eigenvalue weighted by atomic mass is 10.3. The van der Waals surface area contributed by atoms with E-state index < -0.39 is 10.2 Å². The fourth-order valence-corrected chi connectivity index (χ4v) is 4.54. The van der Waals surface area contributed by atoms with Crippen LogP contribution in [0.3, 0.4) is 0 Å². The number of amides is 1. The van der Waals surface area contributed by atoms with Gasteiger partial charge in [0.15, 0.2) is 0 Å². The predicted octanol–water partition coefficient (Wildman–Crippen LogP) is 3.49. The van der Waals surface area contributed by atoms with Gasteiger partial charge in [0.1, 0.15) is 5.75 Å². The largest absolute Gasteiger partial charge is 0.495 e. The standard InChI is InChI=1S/C20H35N3O4S/c1-5-8-15-22(16-9-6-2)28(25,26)23(14-7-3)17-20(24)21-18-12-10-11-13-19(18)27-4/h10-13H,5-9,14-17H2,1-4H3,(H,21,24). The van der Waals surface area contributed by atoms with Gasteiger partial charge in [-0.15, -0.1) is 0 Å². The molecular weight excluding hydrogens is 378 g/mol. The summed E-state index contributed by atoms with van der Waals surface area (Å²) in [6, 6.07) is 7.06. The molecule has 0 aliphatic heterocycles. The summed E-state index contributed by atoms with van der Waals surface area (Å²) in [4.78, 5) is 12.6. The van der Waals surface area contributed by atoms with E-state index in [0.717, 1.165) is 25.7 Å². The number of carbonyl (C=O) groups is 1. The first kappa shape index (κ1) is 24.4. The number of para-hydroxylation sites is 2. The minimum absolute atomic E-state index is 0.219. The molecule has 1 rings (SSSR count). The molecule has 1 amide bonds. The number of hydrogen-bond acceptors (Lipinski definition) is 4. The molecule has 8 heteroatoms. The van der Waals surface area contributed by atoms with Crippen molar-refractivity contribution in [1.29, 1.82) is 0 Å². The first-order chi connectivity index (χ1) is 13.4. The first-order valence-electron chi connectivity index (χ1n) is 10.1. The second kappa shape index (κ2) is 12.7. The number of anilines is 1. The van der Waals surface area contributed by atoms with Gasteiger partial charge in [0.05, 0.1) is 19.3 Å². The number of rotatable bonds is 14. The van der Waals surface area contributed by atoms with Crippen LogP contribution in [-0.4, -0.2) is 56.2 Å². The van der Waals surface area contributed by atoms with E-state index in [-0.39, 0.29) is 12.5 Å². The van der Waals surface area contributed by atoms with Gasteiger partial charge in [0.2, 0.25) is 5.91 Å². The van der Waals surface area contributed by atoms with Gasteiger partial charge in [-0.2, -0.15) is 17.0 Å². The van der Waals surface area contributed by atoms with Gasteiger partial charge in [-0.3, -0.25) is 4.79 Å².